The molecule has 0 spiro atoms. The number of carbonyl (C=O) groups is 1. The van der Waals surface area contributed by atoms with Crippen LogP contribution in [0.25, 0.3) is 28.1 Å². The molecule has 0 bridgehead atoms. The van der Waals surface area contributed by atoms with E-state index in [4.69, 9.17) is 11.6 Å². The Bertz CT molecular complexity index is 1640. The van der Waals surface area contributed by atoms with E-state index < -0.39 is 5.82 Å². The number of aryl methyl sites for hydroxylation is 1. The number of nitrogens with one attached hydrogen (secondary N) is 2. The van der Waals surface area contributed by atoms with Crippen molar-refractivity contribution in [3.8, 4) is 28.1 Å². The minimum absolute atomic E-state index is 0.286. The summed E-state index contributed by atoms with van der Waals surface area (Å²) in [4.78, 5) is 26.2. The molecule has 4 aromatic carbocycles. The van der Waals surface area contributed by atoms with Crippen LogP contribution < -0.4 is 10.9 Å². The van der Waals surface area contributed by atoms with Gasteiger partial charge in [0, 0.05) is 21.8 Å². The first-order valence-electron chi connectivity index (χ1n) is 11.2. The van der Waals surface area contributed by atoms with Gasteiger partial charge in [-0.25, -0.2) is 9.07 Å². The maximum absolute atomic E-state index is 14.8. The molecule has 0 aliphatic heterocycles. The van der Waals surface area contributed by atoms with Crippen molar-refractivity contribution in [2.75, 3.05) is 5.32 Å². The van der Waals surface area contributed by atoms with E-state index in [1.165, 1.54) is 10.7 Å². The van der Waals surface area contributed by atoms with Gasteiger partial charge in [-0.2, -0.15) is 0 Å². The second-order valence-corrected chi connectivity index (χ2v) is 8.80. The number of H-pyrrole nitrogens is 1. The summed E-state index contributed by atoms with van der Waals surface area (Å²) in [6, 6.07) is 27.3. The lowest BCUT2D eigenvalue weighted by molar-refractivity contribution is 0.102. The van der Waals surface area contributed by atoms with Crippen molar-refractivity contribution in [1.29, 1.82) is 0 Å². The number of amides is 1. The molecule has 0 aliphatic carbocycles. The molecule has 0 saturated carbocycles. The van der Waals surface area contributed by atoms with Gasteiger partial charge >= 0.3 is 0 Å². The molecule has 2 N–H and O–H groups in total. The molecule has 0 fully saturated rings. The van der Waals surface area contributed by atoms with Gasteiger partial charge in [-0.1, -0.05) is 54.1 Å². The zero-order valence-corrected chi connectivity index (χ0v) is 20.0. The number of benzene rings is 4. The first-order valence-corrected chi connectivity index (χ1v) is 11.6. The minimum atomic E-state index is -0.443. The average molecular weight is 498 g/mol. The predicted molar refractivity (Wildman–Crippen MR) is 141 cm³/mol. The summed E-state index contributed by atoms with van der Waals surface area (Å²) in [6.45, 7) is 1.94. The highest BCUT2D eigenvalue weighted by Gasteiger charge is 2.21. The van der Waals surface area contributed by atoms with Gasteiger partial charge in [-0.05, 0) is 72.6 Å². The van der Waals surface area contributed by atoms with Crippen LogP contribution in [0.1, 0.15) is 15.9 Å². The lowest BCUT2D eigenvalue weighted by atomic mass is 10.0. The Morgan fingerprint density at radius 2 is 1.67 bits per heavy atom. The number of rotatable bonds is 5. The highest BCUT2D eigenvalue weighted by molar-refractivity contribution is 6.31. The standard InChI is InChI=1S/C29H21ClFN3O2/c1-18-6-4-9-23(16-18)34-29(36)26(27(33-34)24-10-2-3-11-25(24)31)19-12-14-22(15-13-19)32-28(35)20-7-5-8-21(30)17-20/h2-17,33H,1H3,(H,32,35). The van der Waals surface area contributed by atoms with Crippen LogP contribution in [0.15, 0.2) is 102 Å². The third kappa shape index (κ3) is 4.59. The van der Waals surface area contributed by atoms with Gasteiger partial charge in [0.05, 0.1) is 16.9 Å². The number of nitrogens with zero attached hydrogens (tertiary/aromatic N) is 1. The van der Waals surface area contributed by atoms with E-state index in [1.807, 2.05) is 31.2 Å². The van der Waals surface area contributed by atoms with Crippen LogP contribution in [-0.4, -0.2) is 15.7 Å². The van der Waals surface area contributed by atoms with Crippen molar-refractivity contribution in [3.63, 3.8) is 0 Å². The summed E-state index contributed by atoms with van der Waals surface area (Å²) < 4.78 is 16.2. The van der Waals surface area contributed by atoms with Gasteiger partial charge < -0.3 is 5.32 Å². The number of hydrogen-bond acceptors (Lipinski definition) is 2. The monoisotopic (exact) mass is 497 g/mol. The summed E-state index contributed by atoms with van der Waals surface area (Å²) in [5.41, 5.74) is 3.87. The van der Waals surface area contributed by atoms with Crippen LogP contribution in [0.4, 0.5) is 10.1 Å². The molecule has 0 aliphatic rings. The third-order valence-corrected chi connectivity index (χ3v) is 6.05. The molecule has 5 rings (SSSR count). The van der Waals surface area contributed by atoms with Gasteiger partial charge in [0.15, 0.2) is 0 Å². The Labute approximate surface area is 211 Å². The molecule has 5 aromatic rings. The Hall–Kier alpha value is -4.42. The number of aromatic nitrogens is 2. The van der Waals surface area contributed by atoms with Crippen LogP contribution in [-0.2, 0) is 0 Å². The summed E-state index contributed by atoms with van der Waals surface area (Å²) in [6.07, 6.45) is 0. The molecule has 0 radical (unpaired) electrons. The number of aromatic amines is 1. The Morgan fingerprint density at radius 1 is 0.917 bits per heavy atom. The van der Waals surface area contributed by atoms with Gasteiger partial charge in [0.2, 0.25) is 0 Å². The van der Waals surface area contributed by atoms with E-state index in [9.17, 15) is 14.0 Å². The number of carbonyl (C=O) groups excluding carboxylic acids is 1. The second-order valence-electron chi connectivity index (χ2n) is 8.36. The van der Waals surface area contributed by atoms with Gasteiger partial charge in [0.25, 0.3) is 11.5 Å². The molecule has 7 heteroatoms. The van der Waals surface area contributed by atoms with E-state index in [2.05, 4.69) is 10.4 Å². The molecular weight excluding hydrogens is 477 g/mol. The number of anilines is 1. The Balaban J connectivity index is 1.56. The van der Waals surface area contributed by atoms with Gasteiger partial charge in [-0.3, -0.25) is 14.7 Å². The smallest absolute Gasteiger partial charge is 0.279 e. The summed E-state index contributed by atoms with van der Waals surface area (Å²) in [5.74, 6) is -0.748. The molecular formula is C29H21ClFN3O2. The largest absolute Gasteiger partial charge is 0.322 e. The lowest BCUT2D eigenvalue weighted by Gasteiger charge is -2.08. The summed E-state index contributed by atoms with van der Waals surface area (Å²) in [5, 5.41) is 6.40. The lowest BCUT2D eigenvalue weighted by Crippen LogP contribution is -2.15. The van der Waals surface area contributed by atoms with E-state index in [0.29, 0.717) is 38.8 Å². The molecule has 1 aromatic heterocycles. The fourth-order valence-electron chi connectivity index (χ4n) is 4.07. The maximum atomic E-state index is 14.8. The SMILES string of the molecule is Cc1cccc(-n2[nH]c(-c3ccccc3F)c(-c3ccc(NC(=O)c4cccc(Cl)c4)cc3)c2=O)c1. The van der Waals surface area contributed by atoms with Crippen LogP contribution in [0.2, 0.25) is 5.02 Å². The number of hydrogen-bond donors (Lipinski definition) is 2. The van der Waals surface area contributed by atoms with Crippen molar-refractivity contribution in [3.05, 3.63) is 129 Å². The Kier molecular flexibility index (Phi) is 6.27. The van der Waals surface area contributed by atoms with Crippen molar-refractivity contribution in [2.24, 2.45) is 0 Å². The van der Waals surface area contributed by atoms with Crippen molar-refractivity contribution in [1.82, 2.24) is 9.78 Å². The van der Waals surface area contributed by atoms with Gasteiger partial charge in [0.1, 0.15) is 5.82 Å². The van der Waals surface area contributed by atoms with E-state index >= 15 is 0 Å². The summed E-state index contributed by atoms with van der Waals surface area (Å²) in [7, 11) is 0. The zero-order chi connectivity index (χ0) is 25.2. The van der Waals surface area contributed by atoms with Gasteiger partial charge in [-0.15, -0.1) is 0 Å². The van der Waals surface area contributed by atoms with Crippen molar-refractivity contribution < 1.29 is 9.18 Å². The zero-order valence-electron chi connectivity index (χ0n) is 19.3. The summed E-state index contributed by atoms with van der Waals surface area (Å²) >= 11 is 5.99. The number of halogens is 2. The van der Waals surface area contributed by atoms with E-state index in [0.717, 1.165) is 5.56 Å². The molecule has 178 valence electrons. The van der Waals surface area contributed by atoms with Crippen LogP contribution in [0.3, 0.4) is 0 Å². The molecule has 0 unspecified atom stereocenters. The first kappa shape index (κ1) is 23.3. The predicted octanol–water partition coefficient (Wildman–Crippen LogP) is 6.85. The normalized spacial score (nSPS) is 10.9. The fourth-order valence-corrected chi connectivity index (χ4v) is 4.26. The Morgan fingerprint density at radius 3 is 2.39 bits per heavy atom. The quantitative estimate of drug-likeness (QED) is 0.279. The van der Waals surface area contributed by atoms with Crippen LogP contribution in [0, 0.1) is 12.7 Å². The molecule has 36 heavy (non-hydrogen) atoms. The first-order chi connectivity index (χ1) is 17.4. The molecule has 0 atom stereocenters. The van der Waals surface area contributed by atoms with Crippen LogP contribution >= 0.6 is 11.6 Å². The molecule has 0 saturated heterocycles. The maximum Gasteiger partial charge on any atom is 0.279 e. The second kappa shape index (κ2) is 9.68. The minimum Gasteiger partial charge on any atom is -0.322 e. The topological polar surface area (TPSA) is 66.9 Å². The van der Waals surface area contributed by atoms with Crippen molar-refractivity contribution in [2.45, 2.75) is 6.92 Å². The fraction of sp³-hybridized carbons (Fsp3) is 0.0345. The highest BCUT2D eigenvalue weighted by atomic mass is 35.5. The molecule has 1 amide bonds. The third-order valence-electron chi connectivity index (χ3n) is 5.81. The average Bonchev–Trinajstić information content (AvgIpc) is 3.21. The van der Waals surface area contributed by atoms with Crippen LogP contribution in [0.5, 0.6) is 0 Å². The molecule has 5 nitrogen and oxygen atoms in total. The highest BCUT2D eigenvalue weighted by Crippen LogP contribution is 2.31. The van der Waals surface area contributed by atoms with E-state index in [-0.39, 0.29) is 17.0 Å². The van der Waals surface area contributed by atoms with Crippen molar-refractivity contribution >= 4 is 23.2 Å². The molecule has 1 heterocycles. The van der Waals surface area contributed by atoms with E-state index in [1.54, 1.807) is 66.7 Å².